The molecule has 1 N–H and O–H groups in total. The smallest absolute Gasteiger partial charge is 0.295 e. The first kappa shape index (κ1) is 19.2. The monoisotopic (exact) mass is 382 g/mol. The van der Waals surface area contributed by atoms with Crippen molar-refractivity contribution in [2.24, 2.45) is 10.2 Å². The molecule has 0 saturated heterocycles. The molecule has 1 heterocycles. The van der Waals surface area contributed by atoms with Gasteiger partial charge in [0.15, 0.2) is 5.69 Å². The molecule has 0 aliphatic rings. The highest BCUT2D eigenvalue weighted by atomic mass is 16.6. The predicted octanol–water partition coefficient (Wildman–Crippen LogP) is 4.22. The Bertz CT molecular complexity index is 1040. The molecule has 3 aromatic rings. The van der Waals surface area contributed by atoms with Crippen LogP contribution in [0, 0.1) is 10.1 Å². The third-order valence-electron chi connectivity index (χ3n) is 4.15. The number of nitrogens with zero attached hydrogens (tertiary/aromatic N) is 4. The van der Waals surface area contributed by atoms with Gasteiger partial charge in [0.05, 0.1) is 17.0 Å². The fourth-order valence-electron chi connectivity index (χ4n) is 2.78. The normalized spacial score (nSPS) is 11.3. The lowest BCUT2D eigenvalue weighted by Crippen LogP contribution is -2.05. The topological polar surface area (TPSA) is 119 Å². The molecule has 28 heavy (non-hydrogen) atoms. The van der Waals surface area contributed by atoms with Gasteiger partial charge in [-0.25, -0.2) is 0 Å². The van der Waals surface area contributed by atoms with Crippen LogP contribution in [0.4, 0.5) is 11.4 Å². The maximum absolute atomic E-state index is 12.2. The van der Waals surface area contributed by atoms with Crippen LogP contribution in [0.3, 0.4) is 0 Å². The summed E-state index contributed by atoms with van der Waals surface area (Å²) in [6, 6.07) is 12.3. The van der Waals surface area contributed by atoms with Crippen LogP contribution in [0.25, 0.3) is 10.9 Å². The molecule has 2 aromatic carbocycles. The zero-order chi connectivity index (χ0) is 20.1. The second kappa shape index (κ2) is 8.40. The number of carbonyl (C=O) groups excluding carboxylic acids is 1. The van der Waals surface area contributed by atoms with Gasteiger partial charge in [0, 0.05) is 36.2 Å². The number of nitro benzene ring substituents is 1. The van der Waals surface area contributed by atoms with Crippen LogP contribution in [0.1, 0.15) is 17.3 Å². The summed E-state index contributed by atoms with van der Waals surface area (Å²) >= 11 is 0. The summed E-state index contributed by atoms with van der Waals surface area (Å²) in [4.78, 5) is 22.4. The van der Waals surface area contributed by atoms with Crippen molar-refractivity contribution < 1.29 is 19.6 Å². The summed E-state index contributed by atoms with van der Waals surface area (Å²) in [6.45, 7) is 3.29. The van der Waals surface area contributed by atoms with Crippen molar-refractivity contribution >= 4 is 28.2 Å². The molecule has 3 rings (SSSR count). The van der Waals surface area contributed by atoms with Gasteiger partial charge in [0.25, 0.3) is 11.6 Å². The number of hydrogen-bond acceptors (Lipinski definition) is 6. The number of fused-ring (bicyclic) bond motifs is 1. The molecule has 0 fully saturated rings. The molecule has 0 aliphatic heterocycles. The number of aromatic hydroxyl groups is 1. The number of carbonyl (C=O) groups is 1. The Hall–Kier alpha value is -3.59. The molecule has 0 aliphatic carbocycles. The molecular formula is C19H18N4O5. The largest absolute Gasteiger partial charge is 0.493 e. The van der Waals surface area contributed by atoms with Crippen molar-refractivity contribution in [3.05, 3.63) is 64.2 Å². The van der Waals surface area contributed by atoms with Gasteiger partial charge < -0.3 is 14.4 Å². The van der Waals surface area contributed by atoms with Gasteiger partial charge in [-0.15, -0.1) is 10.2 Å². The summed E-state index contributed by atoms with van der Waals surface area (Å²) in [6.07, 6.45) is 0. The molecule has 0 spiro atoms. The number of benzene rings is 2. The summed E-state index contributed by atoms with van der Waals surface area (Å²) in [5, 5.41) is 29.5. The third kappa shape index (κ3) is 3.89. The first-order chi connectivity index (χ1) is 13.5. The van der Waals surface area contributed by atoms with E-state index in [1.807, 2.05) is 19.1 Å². The van der Waals surface area contributed by atoms with Crippen molar-refractivity contribution in [2.45, 2.75) is 13.5 Å². The van der Waals surface area contributed by atoms with Gasteiger partial charge >= 0.3 is 0 Å². The van der Waals surface area contributed by atoms with E-state index in [1.165, 1.54) is 24.3 Å². The van der Waals surface area contributed by atoms with Crippen molar-refractivity contribution in [2.75, 3.05) is 13.2 Å². The van der Waals surface area contributed by atoms with Gasteiger partial charge in [-0.3, -0.25) is 14.9 Å². The van der Waals surface area contributed by atoms with Crippen LogP contribution < -0.4 is 0 Å². The third-order valence-corrected chi connectivity index (χ3v) is 4.15. The molecule has 0 saturated carbocycles. The quantitative estimate of drug-likeness (QED) is 0.284. The second-order valence-corrected chi connectivity index (χ2v) is 5.85. The van der Waals surface area contributed by atoms with Crippen molar-refractivity contribution in [3.8, 4) is 5.88 Å². The highest BCUT2D eigenvalue weighted by Gasteiger charge is 2.17. The maximum Gasteiger partial charge on any atom is 0.295 e. The minimum atomic E-state index is -0.666. The zero-order valence-corrected chi connectivity index (χ0v) is 15.1. The molecular weight excluding hydrogens is 364 g/mol. The SMILES string of the molecule is CCOCCn1c(O)c(N=NC(=O)c2ccc([N+](=O)[O-])cc2)c2ccccc21. The van der Waals surface area contributed by atoms with E-state index in [4.69, 9.17) is 4.74 Å². The average molecular weight is 382 g/mol. The van der Waals surface area contributed by atoms with E-state index >= 15 is 0 Å². The van der Waals surface area contributed by atoms with E-state index in [9.17, 15) is 20.0 Å². The Morgan fingerprint density at radius 3 is 2.61 bits per heavy atom. The predicted molar refractivity (Wildman–Crippen MR) is 102 cm³/mol. The molecule has 0 unspecified atom stereocenters. The summed E-state index contributed by atoms with van der Waals surface area (Å²) < 4.78 is 6.99. The lowest BCUT2D eigenvalue weighted by atomic mass is 10.2. The van der Waals surface area contributed by atoms with E-state index in [-0.39, 0.29) is 22.8 Å². The van der Waals surface area contributed by atoms with Gasteiger partial charge in [-0.05, 0) is 25.1 Å². The lowest BCUT2D eigenvalue weighted by molar-refractivity contribution is -0.384. The Labute approximate surface area is 160 Å². The van der Waals surface area contributed by atoms with Gasteiger partial charge in [0.2, 0.25) is 5.88 Å². The molecule has 9 heteroatoms. The van der Waals surface area contributed by atoms with Crippen LogP contribution in [0.5, 0.6) is 5.88 Å². The molecule has 0 atom stereocenters. The van der Waals surface area contributed by atoms with Crippen LogP contribution in [0.2, 0.25) is 0 Å². The highest BCUT2D eigenvalue weighted by Crippen LogP contribution is 2.38. The number of azo groups is 1. The fraction of sp³-hybridized carbons (Fsp3) is 0.211. The van der Waals surface area contributed by atoms with E-state index < -0.39 is 10.8 Å². The first-order valence-electron chi connectivity index (χ1n) is 8.61. The van der Waals surface area contributed by atoms with Crippen LogP contribution >= 0.6 is 0 Å². The van der Waals surface area contributed by atoms with Crippen LogP contribution in [0.15, 0.2) is 58.8 Å². The standard InChI is InChI=1S/C19H18N4O5/c1-2-28-12-11-22-16-6-4-3-5-15(16)17(19(22)25)20-21-18(24)13-7-9-14(10-8-13)23(26)27/h3-10,25H,2,11-12H2,1H3. The maximum atomic E-state index is 12.2. The summed E-state index contributed by atoms with van der Waals surface area (Å²) in [5.74, 6) is -0.776. The number of aromatic nitrogens is 1. The number of hydrogen-bond donors (Lipinski definition) is 1. The molecule has 1 aromatic heterocycles. The molecule has 0 radical (unpaired) electrons. The Kier molecular flexibility index (Phi) is 5.75. The average Bonchev–Trinajstić information content (AvgIpc) is 2.97. The number of ether oxygens (including phenoxy) is 1. The molecule has 0 bridgehead atoms. The lowest BCUT2D eigenvalue weighted by Gasteiger charge is -2.06. The highest BCUT2D eigenvalue weighted by molar-refractivity contribution is 5.97. The minimum Gasteiger partial charge on any atom is -0.493 e. The van der Waals surface area contributed by atoms with Gasteiger partial charge in [-0.1, -0.05) is 18.2 Å². The Morgan fingerprint density at radius 1 is 1.21 bits per heavy atom. The Morgan fingerprint density at radius 2 is 1.93 bits per heavy atom. The molecule has 144 valence electrons. The molecule has 1 amide bonds. The zero-order valence-electron chi connectivity index (χ0n) is 15.1. The summed E-state index contributed by atoms with van der Waals surface area (Å²) in [7, 11) is 0. The van der Waals surface area contributed by atoms with Crippen LogP contribution in [-0.4, -0.2) is 33.7 Å². The molecule has 9 nitrogen and oxygen atoms in total. The van der Waals surface area contributed by atoms with Crippen LogP contribution in [-0.2, 0) is 11.3 Å². The van der Waals surface area contributed by atoms with Crippen molar-refractivity contribution in [3.63, 3.8) is 0 Å². The van der Waals surface area contributed by atoms with Crippen molar-refractivity contribution in [1.82, 2.24) is 4.57 Å². The fourth-order valence-corrected chi connectivity index (χ4v) is 2.78. The number of amides is 1. The van der Waals surface area contributed by atoms with E-state index in [0.29, 0.717) is 25.1 Å². The first-order valence-corrected chi connectivity index (χ1v) is 8.61. The van der Waals surface area contributed by atoms with E-state index in [2.05, 4.69) is 10.2 Å². The number of para-hydroxylation sites is 1. The number of nitro groups is 1. The van der Waals surface area contributed by atoms with Gasteiger partial charge in [-0.2, -0.15) is 0 Å². The number of rotatable bonds is 7. The van der Waals surface area contributed by atoms with Gasteiger partial charge in [0.1, 0.15) is 0 Å². The van der Waals surface area contributed by atoms with E-state index in [1.54, 1.807) is 16.7 Å². The Balaban J connectivity index is 1.89. The summed E-state index contributed by atoms with van der Waals surface area (Å²) in [5.41, 5.74) is 0.969. The minimum absolute atomic E-state index is 0.110. The number of non-ortho nitro benzene ring substituents is 1. The second-order valence-electron chi connectivity index (χ2n) is 5.85. The van der Waals surface area contributed by atoms with E-state index in [0.717, 1.165) is 5.52 Å². The van der Waals surface area contributed by atoms with Crippen molar-refractivity contribution in [1.29, 1.82) is 0 Å².